The minimum atomic E-state index is 0.217. The molecule has 0 bridgehead atoms. The van der Waals surface area contributed by atoms with E-state index in [-0.39, 0.29) is 12.2 Å². The number of nitrogens with one attached hydrogen (secondary N) is 1. The van der Waals surface area contributed by atoms with Gasteiger partial charge in [-0.1, -0.05) is 32.0 Å². The first kappa shape index (κ1) is 20.1. The molecule has 2 atom stereocenters. The van der Waals surface area contributed by atoms with Gasteiger partial charge in [-0.25, -0.2) is 9.98 Å². The zero-order valence-corrected chi connectivity index (χ0v) is 17.2. The largest absolute Gasteiger partial charge is 0.372 e. The first-order valence-electron chi connectivity index (χ1n) is 9.93. The van der Waals surface area contributed by atoms with Gasteiger partial charge in [0.25, 0.3) is 0 Å². The van der Waals surface area contributed by atoms with Gasteiger partial charge in [-0.15, -0.1) is 0 Å². The van der Waals surface area contributed by atoms with Gasteiger partial charge in [-0.05, 0) is 49.1 Å². The highest BCUT2D eigenvalue weighted by atomic mass is 16.5. The van der Waals surface area contributed by atoms with Crippen LogP contribution in [0.1, 0.15) is 44.7 Å². The van der Waals surface area contributed by atoms with Gasteiger partial charge in [0.2, 0.25) is 0 Å². The van der Waals surface area contributed by atoms with Gasteiger partial charge >= 0.3 is 0 Å². The Morgan fingerprint density at radius 2 is 2.00 bits per heavy atom. The molecule has 0 saturated carbocycles. The fourth-order valence-electron chi connectivity index (χ4n) is 3.40. The summed E-state index contributed by atoms with van der Waals surface area (Å²) in [6.07, 6.45) is 2.31. The van der Waals surface area contributed by atoms with Gasteiger partial charge in [0, 0.05) is 25.0 Å². The molecule has 3 rings (SSSR count). The summed E-state index contributed by atoms with van der Waals surface area (Å²) >= 11 is 0. The smallest absolute Gasteiger partial charge is 0.193 e. The molecule has 28 heavy (non-hydrogen) atoms. The highest BCUT2D eigenvalue weighted by Crippen LogP contribution is 2.19. The third-order valence-electron chi connectivity index (χ3n) is 4.81. The van der Waals surface area contributed by atoms with Gasteiger partial charge in [-0.3, -0.25) is 0 Å². The number of ether oxygens (including phenoxy) is 1. The number of hydrogen-bond donors (Lipinski definition) is 2. The Hall–Kier alpha value is -2.60. The summed E-state index contributed by atoms with van der Waals surface area (Å²) in [6.45, 7) is 10.8. The molecule has 1 saturated heterocycles. The van der Waals surface area contributed by atoms with Crippen molar-refractivity contribution in [2.24, 2.45) is 10.7 Å². The fraction of sp³-hybridized carbons (Fsp3) is 0.455. The van der Waals surface area contributed by atoms with Crippen LogP contribution in [0.3, 0.4) is 0 Å². The zero-order valence-electron chi connectivity index (χ0n) is 17.2. The summed E-state index contributed by atoms with van der Waals surface area (Å²) in [6, 6.07) is 12.4. The van der Waals surface area contributed by atoms with Crippen molar-refractivity contribution in [1.29, 1.82) is 0 Å². The lowest BCUT2D eigenvalue weighted by Crippen LogP contribution is -2.45. The van der Waals surface area contributed by atoms with Crippen molar-refractivity contribution in [3.63, 3.8) is 0 Å². The lowest BCUT2D eigenvalue weighted by atomic mass is 10.0. The van der Waals surface area contributed by atoms with Crippen molar-refractivity contribution in [2.45, 2.75) is 52.4 Å². The first-order chi connectivity index (χ1) is 13.4. The van der Waals surface area contributed by atoms with Crippen LogP contribution in [0.5, 0.6) is 0 Å². The average molecular weight is 382 g/mol. The second-order valence-electron chi connectivity index (χ2n) is 7.79. The third kappa shape index (κ3) is 5.45. The van der Waals surface area contributed by atoms with Crippen LogP contribution in [0, 0.1) is 0 Å². The third-order valence-corrected chi connectivity index (χ3v) is 4.81. The molecule has 2 unspecified atom stereocenters. The number of benzene rings is 1. The van der Waals surface area contributed by atoms with Crippen molar-refractivity contribution in [1.82, 2.24) is 4.98 Å². The maximum atomic E-state index is 6.05. The number of nitrogens with two attached hydrogens (primary N) is 1. The Bertz CT molecular complexity index is 793. The number of hydrogen-bond acceptors (Lipinski definition) is 4. The Morgan fingerprint density at radius 3 is 2.64 bits per heavy atom. The van der Waals surface area contributed by atoms with Crippen LogP contribution in [-0.2, 0) is 11.3 Å². The first-order valence-corrected chi connectivity index (χ1v) is 9.93. The minimum absolute atomic E-state index is 0.217. The van der Waals surface area contributed by atoms with E-state index < -0.39 is 0 Å². The monoisotopic (exact) mass is 381 g/mol. The molecule has 3 N–H and O–H groups in total. The number of anilines is 2. The fourth-order valence-corrected chi connectivity index (χ4v) is 3.40. The predicted molar refractivity (Wildman–Crippen MR) is 116 cm³/mol. The van der Waals surface area contributed by atoms with E-state index in [1.165, 1.54) is 5.56 Å². The Morgan fingerprint density at radius 1 is 1.25 bits per heavy atom. The Labute approximate surface area is 167 Å². The maximum absolute atomic E-state index is 6.05. The van der Waals surface area contributed by atoms with Crippen LogP contribution in [0.15, 0.2) is 47.6 Å². The van der Waals surface area contributed by atoms with E-state index >= 15 is 0 Å². The highest BCUT2D eigenvalue weighted by molar-refractivity contribution is 5.92. The van der Waals surface area contributed by atoms with Crippen LogP contribution < -0.4 is 16.0 Å². The summed E-state index contributed by atoms with van der Waals surface area (Å²) in [4.78, 5) is 11.3. The number of aliphatic imine (C=N–C) groups is 1. The van der Waals surface area contributed by atoms with E-state index in [4.69, 9.17) is 10.5 Å². The molecule has 0 radical (unpaired) electrons. The van der Waals surface area contributed by atoms with Gasteiger partial charge in [-0.2, -0.15) is 0 Å². The van der Waals surface area contributed by atoms with E-state index in [0.717, 1.165) is 30.2 Å². The Kier molecular flexibility index (Phi) is 6.52. The normalized spacial score (nSPS) is 20.5. The summed E-state index contributed by atoms with van der Waals surface area (Å²) < 4.78 is 5.79. The van der Waals surface area contributed by atoms with Crippen molar-refractivity contribution < 1.29 is 4.74 Å². The van der Waals surface area contributed by atoms with Crippen molar-refractivity contribution >= 4 is 17.5 Å². The number of guanidine groups is 1. The Balaban J connectivity index is 1.58. The van der Waals surface area contributed by atoms with E-state index in [0.29, 0.717) is 18.4 Å². The summed E-state index contributed by atoms with van der Waals surface area (Å²) in [7, 11) is 0. The molecule has 1 fully saturated rings. The molecular formula is C22H31N5O. The van der Waals surface area contributed by atoms with Crippen LogP contribution in [0.2, 0.25) is 0 Å². The molecule has 6 heteroatoms. The molecule has 1 aromatic carbocycles. The zero-order chi connectivity index (χ0) is 20.1. The molecule has 1 aliphatic rings. The molecule has 0 amide bonds. The lowest BCUT2D eigenvalue weighted by molar-refractivity contribution is -0.00545. The van der Waals surface area contributed by atoms with Gasteiger partial charge < -0.3 is 20.7 Å². The summed E-state index contributed by atoms with van der Waals surface area (Å²) in [5.41, 5.74) is 9.30. The average Bonchev–Trinajstić information content (AvgIpc) is 2.66. The molecular weight excluding hydrogens is 350 g/mol. The van der Waals surface area contributed by atoms with E-state index in [1.807, 2.05) is 24.4 Å². The standard InChI is InChI=1S/C22H31N5O/c1-15(2)19-6-5-7-20(10-19)26-22(23)25-12-18-8-9-21(24-11-18)27-13-16(3)28-17(4)14-27/h5-11,15-17H,12-14H2,1-4H3,(H3,23,25,26). The van der Waals surface area contributed by atoms with Crippen LogP contribution in [-0.4, -0.2) is 36.2 Å². The number of nitrogens with zero attached hydrogens (tertiary/aromatic N) is 3. The molecule has 6 nitrogen and oxygen atoms in total. The topological polar surface area (TPSA) is 75.8 Å². The minimum Gasteiger partial charge on any atom is -0.372 e. The molecule has 2 aromatic rings. The van der Waals surface area contributed by atoms with E-state index in [1.54, 1.807) is 0 Å². The van der Waals surface area contributed by atoms with Crippen LogP contribution in [0.25, 0.3) is 0 Å². The van der Waals surface area contributed by atoms with Crippen molar-refractivity contribution in [2.75, 3.05) is 23.3 Å². The number of rotatable bonds is 5. The summed E-state index contributed by atoms with van der Waals surface area (Å²) in [5, 5.41) is 3.17. The van der Waals surface area contributed by atoms with Crippen molar-refractivity contribution in [3.8, 4) is 0 Å². The second kappa shape index (κ2) is 9.06. The SMILES string of the molecule is CC1CN(c2ccc(CN=C(N)Nc3cccc(C(C)C)c3)cn2)CC(C)O1. The second-order valence-corrected chi connectivity index (χ2v) is 7.79. The van der Waals surface area contributed by atoms with E-state index in [9.17, 15) is 0 Å². The van der Waals surface area contributed by atoms with Crippen molar-refractivity contribution in [3.05, 3.63) is 53.7 Å². The van der Waals surface area contributed by atoms with Crippen LogP contribution in [0.4, 0.5) is 11.5 Å². The molecule has 0 spiro atoms. The number of aromatic nitrogens is 1. The molecule has 1 aromatic heterocycles. The van der Waals surface area contributed by atoms with E-state index in [2.05, 4.69) is 66.1 Å². The maximum Gasteiger partial charge on any atom is 0.193 e. The highest BCUT2D eigenvalue weighted by Gasteiger charge is 2.22. The number of morpholine rings is 1. The van der Waals surface area contributed by atoms with Gasteiger partial charge in [0.15, 0.2) is 5.96 Å². The predicted octanol–water partition coefficient (Wildman–Crippen LogP) is 3.75. The molecule has 2 heterocycles. The van der Waals surface area contributed by atoms with Gasteiger partial charge in [0.05, 0.1) is 18.8 Å². The lowest BCUT2D eigenvalue weighted by Gasteiger charge is -2.36. The van der Waals surface area contributed by atoms with Crippen LogP contribution >= 0.6 is 0 Å². The number of pyridine rings is 1. The quantitative estimate of drug-likeness (QED) is 0.609. The molecule has 1 aliphatic heterocycles. The summed E-state index contributed by atoms with van der Waals surface area (Å²) in [5.74, 6) is 1.86. The molecule has 0 aliphatic carbocycles. The van der Waals surface area contributed by atoms with Gasteiger partial charge in [0.1, 0.15) is 5.82 Å². The molecule has 150 valence electrons.